The average Bonchev–Trinajstić information content (AvgIpc) is 2.68. The minimum absolute atomic E-state index is 0.0595. The van der Waals surface area contributed by atoms with Gasteiger partial charge in [0.05, 0.1) is 13.0 Å². The van der Waals surface area contributed by atoms with Crippen molar-refractivity contribution in [3.63, 3.8) is 0 Å². The van der Waals surface area contributed by atoms with Crippen LogP contribution in [0.1, 0.15) is 39.5 Å². The van der Waals surface area contributed by atoms with E-state index in [-0.39, 0.29) is 43.7 Å². The van der Waals surface area contributed by atoms with E-state index in [1.165, 1.54) is 0 Å². The standard InChI is InChI=1S/C22H49N3O6Si2/c1-18(10-11-19(2)25-22(28)23-3)24-13-12-21(27)30-17-20(26)16-29-14-9-15-33(7,8)31-32(4,5)6/h18-20,24,26H,9-17H2,1-8H3,(H2,23,25,28). The zero-order chi connectivity index (χ0) is 25.5. The lowest BCUT2D eigenvalue weighted by atomic mass is 10.1. The summed E-state index contributed by atoms with van der Waals surface area (Å²) in [4.78, 5) is 23.1. The van der Waals surface area contributed by atoms with Gasteiger partial charge in [-0.15, -0.1) is 0 Å². The van der Waals surface area contributed by atoms with Gasteiger partial charge < -0.3 is 34.6 Å². The number of nitrogens with one attached hydrogen (secondary N) is 3. The molecule has 196 valence electrons. The predicted molar refractivity (Wildman–Crippen MR) is 137 cm³/mol. The number of aliphatic hydroxyl groups is 1. The lowest BCUT2D eigenvalue weighted by Gasteiger charge is -2.31. The molecule has 0 spiro atoms. The minimum atomic E-state index is -1.66. The summed E-state index contributed by atoms with van der Waals surface area (Å²) < 4.78 is 17.0. The van der Waals surface area contributed by atoms with E-state index in [9.17, 15) is 14.7 Å². The van der Waals surface area contributed by atoms with Gasteiger partial charge in [0, 0.05) is 32.3 Å². The van der Waals surface area contributed by atoms with Crippen molar-refractivity contribution in [2.24, 2.45) is 0 Å². The van der Waals surface area contributed by atoms with Crippen molar-refractivity contribution in [1.29, 1.82) is 0 Å². The Hall–Kier alpha value is -0.986. The third-order valence-corrected chi connectivity index (χ3v) is 11.1. The van der Waals surface area contributed by atoms with E-state index in [0.717, 1.165) is 25.3 Å². The van der Waals surface area contributed by atoms with Gasteiger partial charge in [0.25, 0.3) is 0 Å². The maximum absolute atomic E-state index is 11.9. The molecular formula is C22H49N3O6Si2. The first-order valence-electron chi connectivity index (χ1n) is 12.1. The first kappa shape index (κ1) is 32.0. The molecule has 2 amide bonds. The molecule has 0 bridgehead atoms. The van der Waals surface area contributed by atoms with E-state index >= 15 is 0 Å². The van der Waals surface area contributed by atoms with Crippen LogP contribution >= 0.6 is 0 Å². The smallest absolute Gasteiger partial charge is 0.314 e. The van der Waals surface area contributed by atoms with Gasteiger partial charge in [-0.25, -0.2) is 4.79 Å². The fourth-order valence-electron chi connectivity index (χ4n) is 3.40. The van der Waals surface area contributed by atoms with E-state index in [0.29, 0.717) is 13.2 Å². The van der Waals surface area contributed by atoms with Gasteiger partial charge in [-0.2, -0.15) is 0 Å². The van der Waals surface area contributed by atoms with Crippen molar-refractivity contribution in [2.75, 3.05) is 33.4 Å². The van der Waals surface area contributed by atoms with Crippen molar-refractivity contribution in [3.8, 4) is 0 Å². The Balaban J connectivity index is 3.79. The van der Waals surface area contributed by atoms with Gasteiger partial charge >= 0.3 is 12.0 Å². The van der Waals surface area contributed by atoms with E-state index < -0.39 is 22.7 Å². The fraction of sp³-hybridized carbons (Fsp3) is 0.909. The van der Waals surface area contributed by atoms with Crippen LogP contribution in [-0.4, -0.2) is 85.3 Å². The summed E-state index contributed by atoms with van der Waals surface area (Å²) >= 11 is 0. The maximum atomic E-state index is 11.9. The Morgan fingerprint density at radius 3 is 2.24 bits per heavy atom. The number of carbonyl (C=O) groups excluding carboxylic acids is 2. The molecule has 0 aromatic carbocycles. The van der Waals surface area contributed by atoms with Gasteiger partial charge in [0.15, 0.2) is 16.6 Å². The molecule has 0 aromatic rings. The number of amides is 2. The summed E-state index contributed by atoms with van der Waals surface area (Å²) in [6.07, 6.45) is 2.03. The summed E-state index contributed by atoms with van der Waals surface area (Å²) in [5, 5.41) is 18.6. The van der Waals surface area contributed by atoms with Crippen LogP contribution in [0.25, 0.3) is 0 Å². The Morgan fingerprint density at radius 2 is 1.64 bits per heavy atom. The SMILES string of the molecule is CNC(=O)NC(C)CCC(C)NCCC(=O)OCC(O)COCCC[Si](C)(C)O[Si](C)(C)C. The molecule has 33 heavy (non-hydrogen) atoms. The molecule has 9 nitrogen and oxygen atoms in total. The van der Waals surface area contributed by atoms with Crippen molar-refractivity contribution in [1.82, 2.24) is 16.0 Å². The van der Waals surface area contributed by atoms with E-state index in [2.05, 4.69) is 48.7 Å². The van der Waals surface area contributed by atoms with Crippen LogP contribution in [0.4, 0.5) is 4.79 Å². The van der Waals surface area contributed by atoms with Gasteiger partial charge in [0.2, 0.25) is 0 Å². The second-order valence-corrected chi connectivity index (χ2v) is 19.4. The zero-order valence-electron chi connectivity index (χ0n) is 22.1. The maximum Gasteiger partial charge on any atom is 0.314 e. The van der Waals surface area contributed by atoms with Gasteiger partial charge in [-0.1, -0.05) is 0 Å². The lowest BCUT2D eigenvalue weighted by molar-refractivity contribution is -0.147. The summed E-state index contributed by atoms with van der Waals surface area (Å²) in [5.74, 6) is -0.348. The van der Waals surface area contributed by atoms with Crippen molar-refractivity contribution in [3.05, 3.63) is 0 Å². The number of aliphatic hydroxyl groups excluding tert-OH is 1. The second kappa shape index (κ2) is 16.6. The largest absolute Gasteiger partial charge is 0.463 e. The van der Waals surface area contributed by atoms with Crippen LogP contribution in [0.3, 0.4) is 0 Å². The molecule has 0 fully saturated rings. The highest BCUT2D eigenvalue weighted by atomic mass is 28.4. The summed E-state index contributed by atoms with van der Waals surface area (Å²) in [6, 6.07) is 1.14. The monoisotopic (exact) mass is 507 g/mol. The molecule has 0 heterocycles. The molecule has 0 aliphatic carbocycles. The first-order chi connectivity index (χ1) is 15.2. The molecule has 0 aliphatic heterocycles. The normalized spacial score (nSPS) is 14.9. The molecule has 3 unspecified atom stereocenters. The molecular weight excluding hydrogens is 458 g/mol. The van der Waals surface area contributed by atoms with Crippen LogP contribution < -0.4 is 16.0 Å². The van der Waals surface area contributed by atoms with Gasteiger partial charge in [-0.3, -0.25) is 4.79 Å². The summed E-state index contributed by atoms with van der Waals surface area (Å²) in [6.45, 7) is 16.3. The third-order valence-electron chi connectivity index (χ3n) is 4.86. The van der Waals surface area contributed by atoms with Crippen LogP contribution in [-0.2, 0) is 18.4 Å². The number of rotatable bonds is 18. The van der Waals surface area contributed by atoms with Gasteiger partial charge in [0.1, 0.15) is 12.7 Å². The molecule has 11 heteroatoms. The Kier molecular flexibility index (Phi) is 16.1. The van der Waals surface area contributed by atoms with Crippen LogP contribution in [0.2, 0.25) is 38.8 Å². The van der Waals surface area contributed by atoms with Crippen LogP contribution in [0.15, 0.2) is 0 Å². The third kappa shape index (κ3) is 20.1. The van der Waals surface area contributed by atoms with E-state index in [1.54, 1.807) is 7.05 Å². The van der Waals surface area contributed by atoms with Gasteiger partial charge in [-0.05, 0) is 71.9 Å². The molecule has 0 aliphatic rings. The number of carbonyl (C=O) groups is 2. The number of esters is 1. The molecule has 3 atom stereocenters. The fourth-order valence-corrected chi connectivity index (χ4v) is 11.4. The second-order valence-electron chi connectivity index (χ2n) is 10.3. The van der Waals surface area contributed by atoms with Crippen molar-refractivity contribution in [2.45, 2.75) is 96.5 Å². The quantitative estimate of drug-likeness (QED) is 0.128. The Bertz CT molecular complexity index is 561. The summed E-state index contributed by atoms with van der Waals surface area (Å²) in [7, 11) is -1.59. The van der Waals surface area contributed by atoms with Crippen molar-refractivity contribution < 1.29 is 28.3 Å². The number of urea groups is 1. The Labute approximate surface area is 203 Å². The highest BCUT2D eigenvalue weighted by Gasteiger charge is 2.28. The topological polar surface area (TPSA) is 118 Å². The van der Waals surface area contributed by atoms with Crippen molar-refractivity contribution >= 4 is 28.6 Å². The number of ether oxygens (including phenoxy) is 2. The highest BCUT2D eigenvalue weighted by molar-refractivity contribution is 6.84. The predicted octanol–water partition coefficient (Wildman–Crippen LogP) is 2.82. The molecule has 4 N–H and O–H groups in total. The molecule has 0 saturated carbocycles. The van der Waals surface area contributed by atoms with Crippen LogP contribution in [0.5, 0.6) is 0 Å². The number of hydrogen-bond acceptors (Lipinski definition) is 7. The van der Waals surface area contributed by atoms with E-state index in [4.69, 9.17) is 13.6 Å². The average molecular weight is 508 g/mol. The highest BCUT2D eigenvalue weighted by Crippen LogP contribution is 2.19. The van der Waals surface area contributed by atoms with E-state index in [1.807, 2.05) is 13.8 Å². The Morgan fingerprint density at radius 1 is 1.00 bits per heavy atom. The zero-order valence-corrected chi connectivity index (χ0v) is 24.1. The molecule has 0 rings (SSSR count). The first-order valence-corrected chi connectivity index (χ1v) is 18.6. The summed E-state index contributed by atoms with van der Waals surface area (Å²) in [5.41, 5.74) is 0. The molecule has 0 saturated heterocycles. The number of hydrogen-bond donors (Lipinski definition) is 4. The molecule has 0 aromatic heterocycles. The lowest BCUT2D eigenvalue weighted by Crippen LogP contribution is -2.42. The van der Waals surface area contributed by atoms with Crippen LogP contribution in [0, 0.1) is 0 Å². The minimum Gasteiger partial charge on any atom is -0.463 e. The molecule has 0 radical (unpaired) electrons.